The summed E-state index contributed by atoms with van der Waals surface area (Å²) in [6, 6.07) is 4.26. The predicted octanol–water partition coefficient (Wildman–Crippen LogP) is 1.22. The average Bonchev–Trinajstić information content (AvgIpc) is 2.34. The highest BCUT2D eigenvalue weighted by Gasteiger charge is 2.10. The third-order valence-electron chi connectivity index (χ3n) is 2.80. The molecule has 0 unspecified atom stereocenters. The number of hydrogen-bond donors (Lipinski definition) is 2. The zero-order valence-electron chi connectivity index (χ0n) is 11.3. The zero-order valence-corrected chi connectivity index (χ0v) is 11.3. The molecule has 0 atom stereocenters. The van der Waals surface area contributed by atoms with E-state index >= 15 is 0 Å². The maximum Gasteiger partial charge on any atom is 0.141 e. The monoisotopic (exact) mass is 250 g/mol. The zero-order chi connectivity index (χ0) is 13.5. The molecule has 0 aliphatic rings. The second-order valence-corrected chi connectivity index (χ2v) is 4.52. The maximum absolute atomic E-state index is 7.39. The molecular weight excluding hydrogens is 228 g/mol. The summed E-state index contributed by atoms with van der Waals surface area (Å²) in [5.41, 5.74) is 7.08. The van der Waals surface area contributed by atoms with Crippen molar-refractivity contribution < 1.29 is 4.74 Å². The number of nitrogens with zero attached hydrogens (tertiary/aromatic N) is 2. The largest absolute Gasteiger partial charge is 0.383 e. The molecule has 0 fully saturated rings. The Morgan fingerprint density at radius 2 is 2.28 bits per heavy atom. The summed E-state index contributed by atoms with van der Waals surface area (Å²) in [6.07, 6.45) is 1.70. The molecule has 0 aliphatic heterocycles. The molecule has 0 amide bonds. The van der Waals surface area contributed by atoms with Crippen LogP contribution in [0, 0.1) is 5.41 Å². The van der Waals surface area contributed by atoms with Crippen molar-refractivity contribution in [2.45, 2.75) is 26.4 Å². The van der Waals surface area contributed by atoms with Crippen LogP contribution in [0.5, 0.6) is 0 Å². The first-order valence-electron chi connectivity index (χ1n) is 6.07. The molecule has 0 aliphatic carbocycles. The van der Waals surface area contributed by atoms with E-state index in [2.05, 4.69) is 23.7 Å². The Kier molecular flexibility index (Phi) is 5.74. The van der Waals surface area contributed by atoms with Gasteiger partial charge in [-0.15, -0.1) is 0 Å². The van der Waals surface area contributed by atoms with Gasteiger partial charge < -0.3 is 10.5 Å². The third-order valence-corrected chi connectivity index (χ3v) is 2.80. The van der Waals surface area contributed by atoms with Crippen molar-refractivity contribution in [3.63, 3.8) is 0 Å². The molecule has 0 spiro atoms. The van der Waals surface area contributed by atoms with Crippen LogP contribution in [0.15, 0.2) is 18.3 Å². The Balaban J connectivity index is 2.73. The number of amidine groups is 1. The van der Waals surface area contributed by atoms with Gasteiger partial charge in [-0.05, 0) is 31.5 Å². The van der Waals surface area contributed by atoms with Crippen molar-refractivity contribution in [3.8, 4) is 0 Å². The van der Waals surface area contributed by atoms with E-state index in [1.54, 1.807) is 13.3 Å². The highest BCUT2D eigenvalue weighted by atomic mass is 16.5. The molecule has 3 N–H and O–H groups in total. The van der Waals surface area contributed by atoms with Gasteiger partial charge in [-0.1, -0.05) is 0 Å². The Morgan fingerprint density at radius 3 is 2.83 bits per heavy atom. The lowest BCUT2D eigenvalue weighted by Crippen LogP contribution is -2.33. The summed E-state index contributed by atoms with van der Waals surface area (Å²) >= 11 is 0. The van der Waals surface area contributed by atoms with Crippen LogP contribution in [0.3, 0.4) is 0 Å². The molecule has 18 heavy (non-hydrogen) atoms. The quantitative estimate of drug-likeness (QED) is 0.563. The van der Waals surface area contributed by atoms with Crippen LogP contribution in [0.4, 0.5) is 0 Å². The fourth-order valence-electron chi connectivity index (χ4n) is 1.68. The van der Waals surface area contributed by atoms with Crippen LogP contribution >= 0.6 is 0 Å². The maximum atomic E-state index is 7.39. The lowest BCUT2D eigenvalue weighted by atomic mass is 10.2. The van der Waals surface area contributed by atoms with E-state index in [0.29, 0.717) is 18.3 Å². The molecule has 0 saturated carbocycles. The SMILES string of the molecule is COCCN(Cc1ccnc(C(=N)N)c1)C(C)C. The lowest BCUT2D eigenvalue weighted by Gasteiger charge is -2.26. The molecule has 0 saturated heterocycles. The topological polar surface area (TPSA) is 75.2 Å². The van der Waals surface area contributed by atoms with Crippen molar-refractivity contribution in [1.29, 1.82) is 5.41 Å². The molecule has 1 heterocycles. The number of nitrogen functional groups attached to an aromatic ring is 1. The van der Waals surface area contributed by atoms with Crippen molar-refractivity contribution >= 4 is 5.84 Å². The number of rotatable bonds is 7. The van der Waals surface area contributed by atoms with Crippen molar-refractivity contribution in [1.82, 2.24) is 9.88 Å². The number of ether oxygens (including phenoxy) is 1. The van der Waals surface area contributed by atoms with Gasteiger partial charge in [0.15, 0.2) is 0 Å². The normalized spacial score (nSPS) is 11.2. The van der Waals surface area contributed by atoms with E-state index in [1.165, 1.54) is 0 Å². The van der Waals surface area contributed by atoms with Crippen LogP contribution in [0.25, 0.3) is 0 Å². The van der Waals surface area contributed by atoms with E-state index in [9.17, 15) is 0 Å². The third kappa shape index (κ3) is 4.43. The Labute approximate surface area is 108 Å². The van der Waals surface area contributed by atoms with Gasteiger partial charge in [-0.2, -0.15) is 0 Å². The minimum Gasteiger partial charge on any atom is -0.383 e. The number of methoxy groups -OCH3 is 1. The first-order valence-corrected chi connectivity index (χ1v) is 6.07. The predicted molar refractivity (Wildman–Crippen MR) is 72.7 cm³/mol. The van der Waals surface area contributed by atoms with Gasteiger partial charge in [0.1, 0.15) is 11.5 Å². The van der Waals surface area contributed by atoms with Gasteiger partial charge in [-0.25, -0.2) is 0 Å². The summed E-state index contributed by atoms with van der Waals surface area (Å²) in [5.74, 6) is 0.00448. The molecule has 1 rings (SSSR count). The Morgan fingerprint density at radius 1 is 1.56 bits per heavy atom. The molecule has 1 aromatic heterocycles. The van der Waals surface area contributed by atoms with E-state index in [1.807, 2.05) is 12.1 Å². The number of hydrogen-bond acceptors (Lipinski definition) is 4. The van der Waals surface area contributed by atoms with Gasteiger partial charge in [0.05, 0.1) is 6.61 Å². The molecular formula is C13H22N4O. The molecule has 1 aromatic rings. The molecule has 100 valence electrons. The molecule has 0 radical (unpaired) electrons. The second kappa shape index (κ2) is 7.08. The van der Waals surface area contributed by atoms with E-state index in [4.69, 9.17) is 15.9 Å². The molecule has 5 heteroatoms. The van der Waals surface area contributed by atoms with E-state index in [0.717, 1.165) is 18.7 Å². The van der Waals surface area contributed by atoms with Crippen molar-refractivity contribution in [2.24, 2.45) is 5.73 Å². The fraction of sp³-hybridized carbons (Fsp3) is 0.538. The summed E-state index contributed by atoms with van der Waals surface area (Å²) in [6.45, 7) is 6.71. The van der Waals surface area contributed by atoms with Crippen LogP contribution in [0.1, 0.15) is 25.1 Å². The highest BCUT2D eigenvalue weighted by molar-refractivity contribution is 5.93. The van der Waals surface area contributed by atoms with Crippen molar-refractivity contribution in [3.05, 3.63) is 29.6 Å². The minimum absolute atomic E-state index is 0.00448. The fourth-order valence-corrected chi connectivity index (χ4v) is 1.68. The lowest BCUT2D eigenvalue weighted by molar-refractivity contribution is 0.125. The first kappa shape index (κ1) is 14.6. The number of pyridine rings is 1. The van der Waals surface area contributed by atoms with E-state index in [-0.39, 0.29) is 5.84 Å². The van der Waals surface area contributed by atoms with Gasteiger partial charge in [-0.3, -0.25) is 15.3 Å². The number of aromatic nitrogens is 1. The highest BCUT2D eigenvalue weighted by Crippen LogP contribution is 2.09. The smallest absolute Gasteiger partial charge is 0.141 e. The number of nitrogens with one attached hydrogen (secondary N) is 1. The Bertz CT molecular complexity index is 392. The summed E-state index contributed by atoms with van der Waals surface area (Å²) in [5, 5.41) is 7.39. The van der Waals surface area contributed by atoms with Crippen LogP contribution in [-0.4, -0.2) is 42.0 Å². The summed E-state index contributed by atoms with van der Waals surface area (Å²) in [4.78, 5) is 6.37. The molecule has 0 bridgehead atoms. The van der Waals surface area contributed by atoms with Crippen molar-refractivity contribution in [2.75, 3.05) is 20.3 Å². The van der Waals surface area contributed by atoms with E-state index < -0.39 is 0 Å². The van der Waals surface area contributed by atoms with Crippen LogP contribution in [-0.2, 0) is 11.3 Å². The second-order valence-electron chi connectivity index (χ2n) is 4.52. The van der Waals surface area contributed by atoms with Crippen LogP contribution < -0.4 is 5.73 Å². The van der Waals surface area contributed by atoms with Gasteiger partial charge >= 0.3 is 0 Å². The van der Waals surface area contributed by atoms with Gasteiger partial charge in [0.25, 0.3) is 0 Å². The minimum atomic E-state index is 0.00448. The van der Waals surface area contributed by atoms with Crippen LogP contribution in [0.2, 0.25) is 0 Å². The van der Waals surface area contributed by atoms with Gasteiger partial charge in [0.2, 0.25) is 0 Å². The Hall–Kier alpha value is -1.46. The van der Waals surface area contributed by atoms with Gasteiger partial charge in [0, 0.05) is 32.4 Å². The first-order chi connectivity index (χ1) is 8.54. The standard InChI is InChI=1S/C13H22N4O/c1-10(2)17(6-7-18-3)9-11-4-5-16-12(8-11)13(14)15/h4-5,8,10H,6-7,9H2,1-3H3,(H3,14,15). The average molecular weight is 250 g/mol. The molecule has 5 nitrogen and oxygen atoms in total. The number of nitrogens with two attached hydrogens (primary N) is 1. The summed E-state index contributed by atoms with van der Waals surface area (Å²) < 4.78 is 5.11. The summed E-state index contributed by atoms with van der Waals surface area (Å²) in [7, 11) is 1.71. The molecule has 0 aromatic carbocycles.